The molecule has 1 aliphatic carbocycles. The first kappa shape index (κ1) is 22.2. The fraction of sp³-hybridized carbons (Fsp3) is 0.591. The van der Waals surface area contributed by atoms with Crippen molar-refractivity contribution in [2.24, 2.45) is 5.92 Å². The molecule has 2 fully saturated rings. The van der Waals surface area contributed by atoms with Crippen molar-refractivity contribution < 1.29 is 38.4 Å². The van der Waals surface area contributed by atoms with E-state index in [1.165, 1.54) is 6.92 Å². The highest BCUT2D eigenvalue weighted by Crippen LogP contribution is 2.48. The minimum absolute atomic E-state index is 0.144. The fourth-order valence-corrected chi connectivity index (χ4v) is 3.94. The maximum atomic E-state index is 12.5. The van der Waals surface area contributed by atoms with Gasteiger partial charge in [0.25, 0.3) is 0 Å². The van der Waals surface area contributed by atoms with E-state index in [0.29, 0.717) is 17.6 Å². The Morgan fingerprint density at radius 2 is 2.10 bits per heavy atom. The van der Waals surface area contributed by atoms with Gasteiger partial charge in [-0.15, -0.1) is 0 Å². The second kappa shape index (κ2) is 8.35. The number of rotatable bonds is 4. The summed E-state index contributed by atoms with van der Waals surface area (Å²) >= 11 is 0. The Hall–Kier alpha value is -2.45. The average molecular weight is 420 g/mol. The van der Waals surface area contributed by atoms with Crippen molar-refractivity contribution in [3.8, 4) is 0 Å². The number of allylic oxidation sites excluding steroid dienone is 1. The minimum atomic E-state index is -0.936. The Balaban J connectivity index is 1.99. The quantitative estimate of drug-likeness (QED) is 0.241. The first-order chi connectivity index (χ1) is 14.1. The second-order valence-corrected chi connectivity index (χ2v) is 8.23. The van der Waals surface area contributed by atoms with E-state index < -0.39 is 47.7 Å². The molecule has 0 aromatic rings. The first-order valence-electron chi connectivity index (χ1n) is 9.99. The Labute approximate surface area is 175 Å². The normalized spacial score (nSPS) is 36.1. The Kier molecular flexibility index (Phi) is 6.19. The number of aliphatic hydroxyl groups excluding tert-OH is 1. The Morgan fingerprint density at radius 3 is 2.73 bits per heavy atom. The number of epoxide rings is 1. The fourth-order valence-electron chi connectivity index (χ4n) is 3.94. The third kappa shape index (κ3) is 4.49. The molecular formula is C22H28O8. The number of ether oxygens (including phenoxy) is 4. The lowest BCUT2D eigenvalue weighted by atomic mass is 9.82. The van der Waals surface area contributed by atoms with Crippen LogP contribution in [-0.4, -0.2) is 59.6 Å². The molecule has 2 aliphatic heterocycles. The van der Waals surface area contributed by atoms with E-state index in [0.717, 1.165) is 0 Å². The molecule has 0 bridgehead atoms. The van der Waals surface area contributed by atoms with E-state index in [1.807, 2.05) is 6.92 Å². The van der Waals surface area contributed by atoms with Gasteiger partial charge in [0.05, 0.1) is 23.7 Å². The van der Waals surface area contributed by atoms with Crippen molar-refractivity contribution in [2.45, 2.75) is 70.6 Å². The molecule has 2 heterocycles. The van der Waals surface area contributed by atoms with Gasteiger partial charge in [-0.1, -0.05) is 12.7 Å². The summed E-state index contributed by atoms with van der Waals surface area (Å²) in [6.45, 7) is 10.2. The molecule has 0 amide bonds. The van der Waals surface area contributed by atoms with Crippen molar-refractivity contribution in [3.63, 3.8) is 0 Å². The van der Waals surface area contributed by atoms with E-state index in [9.17, 15) is 19.5 Å². The van der Waals surface area contributed by atoms with Crippen LogP contribution in [0.3, 0.4) is 0 Å². The van der Waals surface area contributed by atoms with E-state index in [2.05, 4.69) is 6.58 Å². The highest BCUT2D eigenvalue weighted by atomic mass is 16.6. The third-order valence-electron chi connectivity index (χ3n) is 6.00. The van der Waals surface area contributed by atoms with Gasteiger partial charge in [-0.05, 0) is 32.4 Å². The van der Waals surface area contributed by atoms with Crippen LogP contribution in [0.15, 0.2) is 35.5 Å². The monoisotopic (exact) mass is 420 g/mol. The van der Waals surface area contributed by atoms with Gasteiger partial charge in [-0.25, -0.2) is 9.59 Å². The molecule has 0 saturated carbocycles. The summed E-state index contributed by atoms with van der Waals surface area (Å²) in [5.41, 5.74) is 0.405. The van der Waals surface area contributed by atoms with Crippen molar-refractivity contribution >= 4 is 17.9 Å². The number of hydrogen-bond acceptors (Lipinski definition) is 8. The summed E-state index contributed by atoms with van der Waals surface area (Å²) < 4.78 is 22.1. The van der Waals surface area contributed by atoms with Gasteiger partial charge in [0.2, 0.25) is 0 Å². The zero-order chi connectivity index (χ0) is 22.2. The zero-order valence-electron chi connectivity index (χ0n) is 17.7. The summed E-state index contributed by atoms with van der Waals surface area (Å²) in [6, 6.07) is 0. The van der Waals surface area contributed by atoms with Gasteiger partial charge in [0.15, 0.2) is 0 Å². The van der Waals surface area contributed by atoms with E-state index in [-0.39, 0.29) is 24.7 Å². The summed E-state index contributed by atoms with van der Waals surface area (Å²) in [5.74, 6) is -2.23. The van der Waals surface area contributed by atoms with Crippen LogP contribution in [0.1, 0.15) is 40.5 Å². The van der Waals surface area contributed by atoms with E-state index in [1.54, 1.807) is 26.0 Å². The third-order valence-corrected chi connectivity index (χ3v) is 6.00. The summed E-state index contributed by atoms with van der Waals surface area (Å²) in [6.07, 6.45) is 1.11. The van der Waals surface area contributed by atoms with Crippen LogP contribution in [-0.2, 0) is 33.3 Å². The van der Waals surface area contributed by atoms with Gasteiger partial charge in [-0.2, -0.15) is 0 Å². The standard InChI is InChI=1S/C22H28O8/c1-6-11(2)20(25)29-17-9-22(5)18(30-22)8-15(24)14(10-27-13(4)23)7-16-19(17)12(3)21(26)28-16/h6-7,15-19,24H,3,8-10H2,1-2,4-5H3/t15-,16+,17+,18+,19-,22+/m0/s1. The van der Waals surface area contributed by atoms with E-state index in [4.69, 9.17) is 18.9 Å². The smallest absolute Gasteiger partial charge is 0.334 e. The van der Waals surface area contributed by atoms with Crippen LogP contribution < -0.4 is 0 Å². The highest BCUT2D eigenvalue weighted by molar-refractivity contribution is 5.92. The molecule has 8 nitrogen and oxygen atoms in total. The average Bonchev–Trinajstić information content (AvgIpc) is 3.20. The molecule has 0 aromatic heterocycles. The van der Waals surface area contributed by atoms with Crippen LogP contribution in [0, 0.1) is 5.92 Å². The molecule has 164 valence electrons. The lowest BCUT2D eigenvalue weighted by Crippen LogP contribution is -2.38. The van der Waals surface area contributed by atoms with Gasteiger partial charge in [-0.3, -0.25) is 4.79 Å². The van der Waals surface area contributed by atoms with Gasteiger partial charge >= 0.3 is 17.9 Å². The van der Waals surface area contributed by atoms with Crippen LogP contribution in [0.4, 0.5) is 0 Å². The Morgan fingerprint density at radius 1 is 1.40 bits per heavy atom. The molecule has 0 aromatic carbocycles. The summed E-state index contributed by atoms with van der Waals surface area (Å²) in [5, 5.41) is 10.7. The summed E-state index contributed by atoms with van der Waals surface area (Å²) in [7, 11) is 0. The van der Waals surface area contributed by atoms with Gasteiger partial charge in [0, 0.05) is 30.9 Å². The predicted octanol–water partition coefficient (Wildman–Crippen LogP) is 1.76. The predicted molar refractivity (Wildman–Crippen MR) is 105 cm³/mol. The van der Waals surface area contributed by atoms with Crippen LogP contribution >= 0.6 is 0 Å². The topological polar surface area (TPSA) is 112 Å². The maximum Gasteiger partial charge on any atom is 0.334 e. The largest absolute Gasteiger partial charge is 0.461 e. The molecule has 2 saturated heterocycles. The molecule has 8 heteroatoms. The van der Waals surface area contributed by atoms with Crippen molar-refractivity contribution in [1.29, 1.82) is 0 Å². The molecular weight excluding hydrogens is 392 g/mol. The van der Waals surface area contributed by atoms with Gasteiger partial charge in [0.1, 0.15) is 18.8 Å². The summed E-state index contributed by atoms with van der Waals surface area (Å²) in [4.78, 5) is 36.1. The van der Waals surface area contributed by atoms with Gasteiger partial charge < -0.3 is 24.1 Å². The molecule has 6 atom stereocenters. The number of carbonyl (C=O) groups excluding carboxylic acids is 3. The molecule has 3 aliphatic rings. The van der Waals surface area contributed by atoms with Crippen LogP contribution in [0.2, 0.25) is 0 Å². The molecule has 0 spiro atoms. The number of fused-ring (bicyclic) bond motifs is 2. The molecule has 3 rings (SSSR count). The zero-order valence-corrected chi connectivity index (χ0v) is 17.7. The van der Waals surface area contributed by atoms with Crippen LogP contribution in [0.25, 0.3) is 0 Å². The Bertz CT molecular complexity index is 825. The van der Waals surface area contributed by atoms with Crippen molar-refractivity contribution in [3.05, 3.63) is 35.5 Å². The lowest BCUT2D eigenvalue weighted by Gasteiger charge is -2.29. The van der Waals surface area contributed by atoms with E-state index >= 15 is 0 Å². The maximum absolute atomic E-state index is 12.5. The first-order valence-corrected chi connectivity index (χ1v) is 9.99. The minimum Gasteiger partial charge on any atom is -0.461 e. The number of carbonyl (C=O) groups is 3. The number of aliphatic hydroxyl groups is 1. The van der Waals surface area contributed by atoms with Crippen molar-refractivity contribution in [1.82, 2.24) is 0 Å². The highest BCUT2D eigenvalue weighted by Gasteiger charge is 2.57. The van der Waals surface area contributed by atoms with Crippen molar-refractivity contribution in [2.75, 3.05) is 6.61 Å². The number of esters is 3. The molecule has 0 unspecified atom stereocenters. The SMILES string of the molecule is C=C1C(=O)O[C@@H]2C=C(COC(C)=O)[C@@H](O)C[C@H]3O[C@]3(C)C[C@@H](OC(=O)C(C)=CC)[C@@H]12. The molecule has 30 heavy (non-hydrogen) atoms. The lowest BCUT2D eigenvalue weighted by molar-refractivity contribution is -0.148. The molecule has 1 N–H and O–H groups in total. The second-order valence-electron chi connectivity index (χ2n) is 8.23. The van der Waals surface area contributed by atoms with Crippen LogP contribution in [0.5, 0.6) is 0 Å². The number of hydrogen-bond donors (Lipinski definition) is 1. The molecule has 0 radical (unpaired) electrons.